The second kappa shape index (κ2) is 11.7. The van der Waals surface area contributed by atoms with Gasteiger partial charge in [0.25, 0.3) is 0 Å². The maximum atomic E-state index is 10.3. The van der Waals surface area contributed by atoms with Crippen LogP contribution in [0.3, 0.4) is 0 Å². The third-order valence-corrected chi connectivity index (χ3v) is 1.64. The molecule has 0 rings (SSSR count). The first kappa shape index (κ1) is 25.0. The number of carbonyl (C=O) groups is 5. The average molecular weight is 342 g/mol. The minimum absolute atomic E-state index is 0.833. The highest BCUT2D eigenvalue weighted by Crippen LogP contribution is 2.15. The van der Waals surface area contributed by atoms with Gasteiger partial charge in [-0.3, -0.25) is 9.59 Å². The van der Waals surface area contributed by atoms with Crippen molar-refractivity contribution in [3.63, 3.8) is 0 Å². The van der Waals surface area contributed by atoms with E-state index < -0.39 is 54.5 Å². The molecule has 0 aromatic heterocycles. The molecule has 0 radical (unpaired) electrons. The van der Waals surface area contributed by atoms with Crippen molar-refractivity contribution in [1.82, 2.24) is 0 Å². The van der Waals surface area contributed by atoms with Crippen molar-refractivity contribution in [3.05, 3.63) is 0 Å². The number of aliphatic hydroxyl groups is 2. The number of carbonyl (C=O) groups excluding carboxylic acids is 1. The van der Waals surface area contributed by atoms with Crippen molar-refractivity contribution in [2.75, 3.05) is 0 Å². The standard InChI is InChI=1S/C6H8O7.C3H6O3.CH4N2O/c7-3(8)1-6(13,5(11)12)2-4(9)10;1-2(4)3(5)6;2-1(3)4/h13H,1-2H2,(H,7,8)(H,9,10)(H,11,12);2,4H,1H3,(H,5,6);(H4,2,3,4). The average Bonchev–Trinajstić information content (AvgIpc) is 2.25. The van der Waals surface area contributed by atoms with Crippen LogP contribution in [0.15, 0.2) is 0 Å². The van der Waals surface area contributed by atoms with Crippen LogP contribution in [-0.2, 0) is 19.2 Å². The Morgan fingerprint density at radius 1 is 0.913 bits per heavy atom. The second-order valence-corrected chi connectivity index (χ2v) is 3.89. The minimum Gasteiger partial charge on any atom is -0.481 e. The Morgan fingerprint density at radius 2 is 1.13 bits per heavy atom. The van der Waals surface area contributed by atoms with Gasteiger partial charge in [-0.2, -0.15) is 0 Å². The molecule has 0 aliphatic heterocycles. The number of nitrogens with two attached hydrogens (primary N) is 2. The van der Waals surface area contributed by atoms with Gasteiger partial charge >= 0.3 is 29.9 Å². The zero-order chi connectivity index (χ0) is 19.4. The van der Waals surface area contributed by atoms with Crippen molar-refractivity contribution in [1.29, 1.82) is 0 Å². The first-order chi connectivity index (χ1) is 10.2. The van der Waals surface area contributed by atoms with Crippen LogP contribution in [0, 0.1) is 0 Å². The van der Waals surface area contributed by atoms with E-state index in [9.17, 15) is 19.2 Å². The molecule has 0 aromatic carbocycles. The summed E-state index contributed by atoms with van der Waals surface area (Å²) in [7, 11) is 0. The Labute approximate surface area is 128 Å². The predicted molar refractivity (Wildman–Crippen MR) is 70.2 cm³/mol. The minimum atomic E-state index is -2.74. The summed E-state index contributed by atoms with van der Waals surface area (Å²) < 4.78 is 0. The van der Waals surface area contributed by atoms with Crippen LogP contribution in [0.2, 0.25) is 0 Å². The van der Waals surface area contributed by atoms with Crippen LogP contribution in [0.1, 0.15) is 19.8 Å². The zero-order valence-corrected chi connectivity index (χ0v) is 11.9. The van der Waals surface area contributed by atoms with Crippen LogP contribution < -0.4 is 11.5 Å². The summed E-state index contributed by atoms with van der Waals surface area (Å²) in [6, 6.07) is -0.833. The van der Waals surface area contributed by atoms with Gasteiger partial charge in [0.1, 0.15) is 6.10 Å². The van der Waals surface area contributed by atoms with Crippen LogP contribution >= 0.6 is 0 Å². The molecule has 0 fully saturated rings. The van der Waals surface area contributed by atoms with Gasteiger partial charge in [-0.25, -0.2) is 14.4 Å². The molecule has 10 N–H and O–H groups in total. The van der Waals surface area contributed by atoms with Gasteiger partial charge in [-0.15, -0.1) is 0 Å². The van der Waals surface area contributed by atoms with Gasteiger partial charge in [0, 0.05) is 0 Å². The number of hydrogen-bond donors (Lipinski definition) is 8. The molecule has 1 atom stereocenters. The van der Waals surface area contributed by atoms with Crippen molar-refractivity contribution in [2.24, 2.45) is 11.5 Å². The number of primary amides is 2. The molecule has 23 heavy (non-hydrogen) atoms. The summed E-state index contributed by atoms with van der Waals surface area (Å²) in [5.41, 5.74) is 5.76. The molecule has 0 aliphatic rings. The first-order valence-corrected chi connectivity index (χ1v) is 5.50. The molecular weight excluding hydrogens is 324 g/mol. The van der Waals surface area contributed by atoms with Gasteiger partial charge in [0.05, 0.1) is 12.8 Å². The molecular formula is C10H18N2O11. The van der Waals surface area contributed by atoms with Crippen LogP contribution in [0.5, 0.6) is 0 Å². The number of amides is 2. The third kappa shape index (κ3) is 19.1. The van der Waals surface area contributed by atoms with Gasteiger partial charge in [-0.05, 0) is 6.92 Å². The number of hydrogen-bond acceptors (Lipinski definition) is 7. The molecule has 1 unspecified atom stereocenters. The van der Waals surface area contributed by atoms with Crippen molar-refractivity contribution in [3.8, 4) is 0 Å². The van der Waals surface area contributed by atoms with Gasteiger partial charge in [-0.1, -0.05) is 0 Å². The fourth-order valence-corrected chi connectivity index (χ4v) is 0.714. The summed E-state index contributed by atoms with van der Waals surface area (Å²) in [6.45, 7) is 1.20. The van der Waals surface area contributed by atoms with Crippen LogP contribution in [-0.4, -0.2) is 72.3 Å². The molecule has 13 heteroatoms. The van der Waals surface area contributed by atoms with E-state index >= 15 is 0 Å². The number of carboxylic acids is 4. The SMILES string of the molecule is CC(O)C(=O)O.NC(N)=O.O=C(O)CC(O)(CC(=O)O)C(=O)O. The molecule has 0 aliphatic carbocycles. The normalized spacial score (nSPS) is 10.7. The van der Waals surface area contributed by atoms with E-state index in [2.05, 4.69) is 11.5 Å². The molecule has 0 saturated carbocycles. The van der Waals surface area contributed by atoms with Gasteiger partial charge in [0.2, 0.25) is 0 Å². The molecule has 0 heterocycles. The van der Waals surface area contributed by atoms with Gasteiger partial charge < -0.3 is 42.1 Å². The number of carboxylic acid groups (broad SMARTS) is 4. The van der Waals surface area contributed by atoms with Crippen molar-refractivity contribution < 1.29 is 54.6 Å². The maximum absolute atomic E-state index is 10.3. The number of aliphatic hydroxyl groups excluding tert-OH is 1. The summed E-state index contributed by atoms with van der Waals surface area (Å²) in [4.78, 5) is 48.9. The third-order valence-electron chi connectivity index (χ3n) is 1.64. The monoisotopic (exact) mass is 342 g/mol. The van der Waals surface area contributed by atoms with E-state index in [1.54, 1.807) is 0 Å². The Kier molecular flexibility index (Phi) is 12.7. The highest BCUT2D eigenvalue weighted by molar-refractivity contribution is 5.88. The van der Waals surface area contributed by atoms with E-state index in [1.165, 1.54) is 6.92 Å². The quantitative estimate of drug-likeness (QED) is 0.245. The first-order valence-electron chi connectivity index (χ1n) is 5.50. The van der Waals surface area contributed by atoms with Gasteiger partial charge in [0.15, 0.2) is 5.60 Å². The lowest BCUT2D eigenvalue weighted by atomic mass is 9.96. The summed E-state index contributed by atoms with van der Waals surface area (Å²) in [6.07, 6.45) is -3.52. The van der Waals surface area contributed by atoms with E-state index in [0.717, 1.165) is 0 Å². The topological polar surface area (TPSA) is 259 Å². The summed E-state index contributed by atoms with van der Waals surface area (Å²) >= 11 is 0. The summed E-state index contributed by atoms with van der Waals surface area (Å²) in [5.74, 6) is -6.20. The Morgan fingerprint density at radius 3 is 1.22 bits per heavy atom. The van der Waals surface area contributed by atoms with Crippen molar-refractivity contribution in [2.45, 2.75) is 31.5 Å². The Hall–Kier alpha value is -2.93. The van der Waals surface area contributed by atoms with Crippen LogP contribution in [0.4, 0.5) is 4.79 Å². The second-order valence-electron chi connectivity index (χ2n) is 3.89. The Bertz CT molecular complexity index is 426. The fourth-order valence-electron chi connectivity index (χ4n) is 0.714. The lowest BCUT2D eigenvalue weighted by Crippen LogP contribution is -2.42. The zero-order valence-electron chi connectivity index (χ0n) is 11.9. The highest BCUT2D eigenvalue weighted by Gasteiger charge is 2.40. The van der Waals surface area contributed by atoms with Crippen LogP contribution in [0.25, 0.3) is 0 Å². The van der Waals surface area contributed by atoms with E-state index in [0.29, 0.717) is 0 Å². The van der Waals surface area contributed by atoms with Crippen molar-refractivity contribution >= 4 is 29.9 Å². The number of aliphatic carboxylic acids is 4. The highest BCUT2D eigenvalue weighted by atomic mass is 16.4. The fraction of sp³-hybridized carbons (Fsp3) is 0.500. The molecule has 0 spiro atoms. The molecule has 0 aromatic rings. The van der Waals surface area contributed by atoms with E-state index in [-0.39, 0.29) is 0 Å². The maximum Gasteiger partial charge on any atom is 0.336 e. The molecule has 13 nitrogen and oxygen atoms in total. The molecule has 2 amide bonds. The smallest absolute Gasteiger partial charge is 0.336 e. The molecule has 134 valence electrons. The van der Waals surface area contributed by atoms with E-state index in [1.807, 2.05) is 0 Å². The Balaban J connectivity index is -0.000000330. The number of rotatable bonds is 6. The van der Waals surface area contributed by atoms with E-state index in [4.69, 9.17) is 35.4 Å². The summed E-state index contributed by atoms with van der Waals surface area (Å²) in [5, 5.41) is 49.6. The molecule has 0 saturated heterocycles. The number of urea groups is 1. The lowest BCUT2D eigenvalue weighted by Gasteiger charge is -2.18. The molecule has 0 bridgehead atoms. The largest absolute Gasteiger partial charge is 0.481 e. The predicted octanol–water partition coefficient (Wildman–Crippen LogP) is -2.77. The lowest BCUT2D eigenvalue weighted by molar-refractivity contribution is -0.170.